The molecular weight excluding hydrogens is 255 g/mol. The van der Waals surface area contributed by atoms with Crippen molar-refractivity contribution in [1.82, 2.24) is 9.55 Å². The molecule has 6 heteroatoms. The fourth-order valence-electron chi connectivity index (χ4n) is 2.20. The van der Waals surface area contributed by atoms with E-state index in [1.807, 2.05) is 57.5 Å². The third kappa shape index (κ3) is 1.99. The summed E-state index contributed by atoms with van der Waals surface area (Å²) in [6, 6.07) is 3.74. The molecular formula is C14H19BN2O3. The molecule has 0 unspecified atom stereocenters. The van der Waals surface area contributed by atoms with Crippen LogP contribution in [0, 0.1) is 6.92 Å². The van der Waals surface area contributed by atoms with E-state index in [2.05, 4.69) is 4.98 Å². The molecule has 3 heterocycles. The summed E-state index contributed by atoms with van der Waals surface area (Å²) in [5, 5.41) is 0. The van der Waals surface area contributed by atoms with Gasteiger partial charge in [0, 0.05) is 12.3 Å². The molecule has 1 aliphatic heterocycles. The van der Waals surface area contributed by atoms with Crippen LogP contribution >= 0.6 is 0 Å². The minimum Gasteiger partial charge on any atom is -0.448 e. The minimum atomic E-state index is -0.449. The summed E-state index contributed by atoms with van der Waals surface area (Å²) in [7, 11) is -0.449. The lowest BCUT2D eigenvalue weighted by Crippen LogP contribution is -2.41. The van der Waals surface area contributed by atoms with Crippen molar-refractivity contribution < 1.29 is 13.7 Å². The Labute approximate surface area is 119 Å². The second-order valence-corrected chi connectivity index (χ2v) is 6.12. The van der Waals surface area contributed by atoms with Crippen LogP contribution in [0.25, 0.3) is 5.88 Å². The zero-order valence-electron chi connectivity index (χ0n) is 12.5. The summed E-state index contributed by atoms with van der Waals surface area (Å²) in [4.78, 5) is 4.53. The molecule has 0 bridgehead atoms. The van der Waals surface area contributed by atoms with Crippen LogP contribution in [0.5, 0.6) is 0 Å². The van der Waals surface area contributed by atoms with E-state index in [-0.39, 0.29) is 11.2 Å². The predicted octanol–water partition coefficient (Wildman–Crippen LogP) is 2.07. The van der Waals surface area contributed by atoms with Gasteiger partial charge in [-0.05, 0) is 40.7 Å². The molecule has 2 aromatic heterocycles. The third-order valence-corrected chi connectivity index (χ3v) is 4.14. The SMILES string of the molecule is Cc1nc(B2OC(C)(C)C(C)(C)O2)cn1-c1ccco1. The highest BCUT2D eigenvalue weighted by Gasteiger charge is 2.52. The van der Waals surface area contributed by atoms with Crippen LogP contribution in [0.3, 0.4) is 0 Å². The van der Waals surface area contributed by atoms with E-state index in [4.69, 9.17) is 13.7 Å². The van der Waals surface area contributed by atoms with Crippen molar-refractivity contribution in [2.45, 2.75) is 45.8 Å². The topological polar surface area (TPSA) is 49.4 Å². The highest BCUT2D eigenvalue weighted by atomic mass is 16.7. The van der Waals surface area contributed by atoms with Crippen LogP contribution in [-0.2, 0) is 9.31 Å². The molecule has 0 aromatic carbocycles. The molecule has 0 amide bonds. The first-order chi connectivity index (χ1) is 9.30. The highest BCUT2D eigenvalue weighted by Crippen LogP contribution is 2.36. The van der Waals surface area contributed by atoms with Crippen LogP contribution in [0.1, 0.15) is 33.5 Å². The Morgan fingerprint density at radius 1 is 1.15 bits per heavy atom. The van der Waals surface area contributed by atoms with Crippen molar-refractivity contribution in [3.63, 3.8) is 0 Å². The average Bonchev–Trinajstić information content (AvgIpc) is 2.98. The Bertz CT molecular complexity index is 600. The molecule has 0 radical (unpaired) electrons. The zero-order valence-corrected chi connectivity index (χ0v) is 12.5. The number of rotatable bonds is 2. The van der Waals surface area contributed by atoms with Gasteiger partial charge in [-0.25, -0.2) is 4.98 Å². The van der Waals surface area contributed by atoms with Crippen molar-refractivity contribution in [1.29, 1.82) is 0 Å². The van der Waals surface area contributed by atoms with Gasteiger partial charge in [-0.2, -0.15) is 0 Å². The van der Waals surface area contributed by atoms with Crippen LogP contribution in [0.2, 0.25) is 0 Å². The van der Waals surface area contributed by atoms with E-state index in [9.17, 15) is 0 Å². The lowest BCUT2D eigenvalue weighted by atomic mass is 9.86. The van der Waals surface area contributed by atoms with Crippen molar-refractivity contribution in [2.24, 2.45) is 0 Å². The highest BCUT2D eigenvalue weighted by molar-refractivity contribution is 6.61. The number of aromatic nitrogens is 2. The third-order valence-electron chi connectivity index (χ3n) is 4.14. The maximum absolute atomic E-state index is 6.01. The molecule has 20 heavy (non-hydrogen) atoms. The molecule has 2 aromatic rings. The van der Waals surface area contributed by atoms with Gasteiger partial charge in [-0.1, -0.05) is 0 Å². The monoisotopic (exact) mass is 274 g/mol. The number of imidazole rings is 1. The summed E-state index contributed by atoms with van der Waals surface area (Å²) in [6.45, 7) is 10.1. The number of aryl methyl sites for hydroxylation is 1. The van der Waals surface area contributed by atoms with Crippen LogP contribution in [0.4, 0.5) is 0 Å². The van der Waals surface area contributed by atoms with E-state index in [0.717, 1.165) is 17.3 Å². The Morgan fingerprint density at radius 3 is 2.35 bits per heavy atom. The Morgan fingerprint density at radius 2 is 1.80 bits per heavy atom. The summed E-state index contributed by atoms with van der Waals surface area (Å²) < 4.78 is 19.3. The molecule has 106 valence electrons. The molecule has 0 aliphatic carbocycles. The molecule has 1 saturated heterocycles. The lowest BCUT2D eigenvalue weighted by Gasteiger charge is -2.32. The van der Waals surface area contributed by atoms with Crippen molar-refractivity contribution >= 4 is 12.7 Å². The predicted molar refractivity (Wildman–Crippen MR) is 76.3 cm³/mol. The number of furan rings is 1. The fraction of sp³-hybridized carbons (Fsp3) is 0.500. The van der Waals surface area contributed by atoms with Gasteiger partial charge >= 0.3 is 7.12 Å². The van der Waals surface area contributed by atoms with Crippen molar-refractivity contribution in [3.05, 3.63) is 30.4 Å². The standard InChI is InChI=1S/C14H19BN2O3/c1-10-16-11(9-17(10)12-7-6-8-18-12)15-19-13(2,3)14(4,5)20-15/h6-9H,1-5H3. The number of nitrogens with zero attached hydrogens (tertiary/aromatic N) is 2. The van der Waals surface area contributed by atoms with Crippen LogP contribution in [-0.4, -0.2) is 27.9 Å². The van der Waals surface area contributed by atoms with Gasteiger partial charge < -0.3 is 13.7 Å². The van der Waals surface area contributed by atoms with Gasteiger partial charge in [-0.3, -0.25) is 4.57 Å². The number of hydrogen-bond acceptors (Lipinski definition) is 4. The fourth-order valence-corrected chi connectivity index (χ4v) is 2.20. The summed E-state index contributed by atoms with van der Waals surface area (Å²) in [5.74, 6) is 1.57. The van der Waals surface area contributed by atoms with Gasteiger partial charge in [0.05, 0.1) is 23.1 Å². The van der Waals surface area contributed by atoms with Crippen LogP contribution < -0.4 is 5.59 Å². The molecule has 1 aliphatic rings. The van der Waals surface area contributed by atoms with E-state index in [1.54, 1.807) is 6.26 Å². The summed E-state index contributed by atoms with van der Waals surface area (Å²) >= 11 is 0. The number of hydrogen-bond donors (Lipinski definition) is 0. The molecule has 1 fully saturated rings. The summed E-state index contributed by atoms with van der Waals surface area (Å²) in [5.41, 5.74) is 0.0395. The quantitative estimate of drug-likeness (QED) is 0.787. The van der Waals surface area contributed by atoms with Gasteiger partial charge in [0.15, 0.2) is 0 Å². The molecule has 0 spiro atoms. The largest absolute Gasteiger partial charge is 0.516 e. The first-order valence-corrected chi connectivity index (χ1v) is 6.75. The smallest absolute Gasteiger partial charge is 0.448 e. The first kappa shape index (κ1) is 13.5. The average molecular weight is 274 g/mol. The zero-order chi connectivity index (χ0) is 14.5. The van der Waals surface area contributed by atoms with Crippen molar-refractivity contribution in [2.75, 3.05) is 0 Å². The van der Waals surface area contributed by atoms with Crippen molar-refractivity contribution in [3.8, 4) is 5.88 Å². The van der Waals surface area contributed by atoms with E-state index >= 15 is 0 Å². The molecule has 5 nitrogen and oxygen atoms in total. The molecule has 0 saturated carbocycles. The maximum atomic E-state index is 6.01. The molecule has 0 atom stereocenters. The van der Waals surface area contributed by atoms with E-state index in [0.29, 0.717) is 0 Å². The van der Waals surface area contributed by atoms with Gasteiger partial charge in [0.2, 0.25) is 5.88 Å². The molecule has 3 rings (SSSR count). The van der Waals surface area contributed by atoms with E-state index in [1.165, 1.54) is 0 Å². The van der Waals surface area contributed by atoms with Gasteiger partial charge in [0.1, 0.15) is 5.82 Å². The van der Waals surface area contributed by atoms with Crippen LogP contribution in [0.15, 0.2) is 29.0 Å². The minimum absolute atomic E-state index is 0.361. The second-order valence-electron chi connectivity index (χ2n) is 6.12. The van der Waals surface area contributed by atoms with E-state index < -0.39 is 7.12 Å². The molecule has 0 N–H and O–H groups in total. The Hall–Kier alpha value is -1.53. The Balaban J connectivity index is 1.92. The normalized spacial score (nSPS) is 20.6. The van der Waals surface area contributed by atoms with Gasteiger partial charge in [-0.15, -0.1) is 0 Å². The first-order valence-electron chi connectivity index (χ1n) is 6.75. The maximum Gasteiger partial charge on any atom is 0.516 e. The Kier molecular flexibility index (Phi) is 2.85. The lowest BCUT2D eigenvalue weighted by molar-refractivity contribution is 0.00578. The summed E-state index contributed by atoms with van der Waals surface area (Å²) in [6.07, 6.45) is 3.54. The van der Waals surface area contributed by atoms with Gasteiger partial charge in [0.25, 0.3) is 0 Å². The second kappa shape index (κ2) is 4.23.